The van der Waals surface area contributed by atoms with Crippen molar-refractivity contribution in [1.82, 2.24) is 20.1 Å². The number of carbonyl (C=O) groups is 2. The van der Waals surface area contributed by atoms with Crippen LogP contribution in [0.25, 0.3) is 5.69 Å². The molecule has 0 atom stereocenters. The number of esters is 1. The van der Waals surface area contributed by atoms with Gasteiger partial charge in [-0.1, -0.05) is 41.6 Å². The lowest BCUT2D eigenvalue weighted by atomic mass is 10.1. The minimum atomic E-state index is -0.393. The second-order valence-corrected chi connectivity index (χ2v) is 7.10. The third-order valence-electron chi connectivity index (χ3n) is 3.80. The predicted octanol–water partition coefficient (Wildman–Crippen LogP) is 3.12. The maximum absolute atomic E-state index is 12.2. The van der Waals surface area contributed by atoms with E-state index >= 15 is 0 Å². The zero-order valence-electron chi connectivity index (χ0n) is 15.0. The van der Waals surface area contributed by atoms with Crippen LogP contribution in [0.2, 0.25) is 5.02 Å². The van der Waals surface area contributed by atoms with Gasteiger partial charge in [-0.05, 0) is 35.9 Å². The fraction of sp³-hybridized carbons (Fsp3) is 0.158. The summed E-state index contributed by atoms with van der Waals surface area (Å²) in [6.07, 6.45) is 1.58. The number of nitrogens with zero attached hydrogens (tertiary/aromatic N) is 3. The van der Waals surface area contributed by atoms with Gasteiger partial charge in [0.15, 0.2) is 5.16 Å². The van der Waals surface area contributed by atoms with Crippen LogP contribution in [0.15, 0.2) is 60.0 Å². The molecule has 0 spiro atoms. The van der Waals surface area contributed by atoms with Crippen molar-refractivity contribution in [1.29, 1.82) is 0 Å². The van der Waals surface area contributed by atoms with Gasteiger partial charge < -0.3 is 10.1 Å². The van der Waals surface area contributed by atoms with Gasteiger partial charge in [-0.15, -0.1) is 10.2 Å². The molecule has 144 valence electrons. The van der Waals surface area contributed by atoms with E-state index in [0.29, 0.717) is 22.3 Å². The Labute approximate surface area is 171 Å². The molecule has 0 radical (unpaired) electrons. The number of benzene rings is 2. The number of hydrogen-bond acceptors (Lipinski definition) is 6. The van der Waals surface area contributed by atoms with Crippen molar-refractivity contribution in [3.8, 4) is 5.69 Å². The summed E-state index contributed by atoms with van der Waals surface area (Å²) < 4.78 is 6.43. The number of thioether (sulfide) groups is 1. The first-order valence-electron chi connectivity index (χ1n) is 8.29. The smallest absolute Gasteiger partial charge is 0.337 e. The van der Waals surface area contributed by atoms with E-state index < -0.39 is 5.97 Å². The summed E-state index contributed by atoms with van der Waals surface area (Å²) in [7, 11) is 1.33. The van der Waals surface area contributed by atoms with Crippen LogP contribution in [0.4, 0.5) is 0 Å². The van der Waals surface area contributed by atoms with Crippen LogP contribution < -0.4 is 5.32 Å². The number of hydrogen-bond donors (Lipinski definition) is 1. The standard InChI is InChI=1S/C19H17ClN4O3S/c1-27-18(26)14-7-5-13(6-8-14)10-21-17(25)11-28-19-23-22-12-24(19)16-4-2-3-15(20)9-16/h2-9,12H,10-11H2,1H3,(H,21,25). The Morgan fingerprint density at radius 2 is 2.00 bits per heavy atom. The largest absolute Gasteiger partial charge is 0.465 e. The van der Waals surface area contributed by atoms with Crippen molar-refractivity contribution >= 4 is 35.2 Å². The molecule has 0 bridgehead atoms. The van der Waals surface area contributed by atoms with Gasteiger partial charge >= 0.3 is 5.97 Å². The van der Waals surface area contributed by atoms with Crippen LogP contribution in [-0.2, 0) is 16.1 Å². The molecule has 1 aromatic heterocycles. The van der Waals surface area contributed by atoms with Gasteiger partial charge in [-0.2, -0.15) is 0 Å². The summed E-state index contributed by atoms with van der Waals surface area (Å²) in [4.78, 5) is 23.6. The molecule has 9 heteroatoms. The molecule has 1 amide bonds. The molecule has 0 unspecified atom stereocenters. The van der Waals surface area contributed by atoms with Gasteiger partial charge in [0, 0.05) is 11.6 Å². The van der Waals surface area contributed by atoms with E-state index in [4.69, 9.17) is 11.6 Å². The Balaban J connectivity index is 1.53. The first-order valence-corrected chi connectivity index (χ1v) is 9.66. The minimum absolute atomic E-state index is 0.136. The molecule has 0 fully saturated rings. The SMILES string of the molecule is COC(=O)c1ccc(CNC(=O)CSc2nncn2-c2cccc(Cl)c2)cc1. The average molecular weight is 417 g/mol. The maximum Gasteiger partial charge on any atom is 0.337 e. The molecule has 28 heavy (non-hydrogen) atoms. The van der Waals surface area contributed by atoms with Crippen molar-refractivity contribution in [3.05, 3.63) is 71.0 Å². The minimum Gasteiger partial charge on any atom is -0.465 e. The second kappa shape index (κ2) is 9.38. The summed E-state index contributed by atoms with van der Waals surface area (Å²) in [6.45, 7) is 0.363. The highest BCUT2D eigenvalue weighted by Gasteiger charge is 2.11. The molecular formula is C19H17ClN4O3S. The molecule has 3 rings (SSSR count). The van der Waals surface area contributed by atoms with Gasteiger partial charge in [-0.3, -0.25) is 9.36 Å². The van der Waals surface area contributed by atoms with Gasteiger partial charge in [0.1, 0.15) is 6.33 Å². The number of ether oxygens (including phenoxy) is 1. The topological polar surface area (TPSA) is 86.1 Å². The van der Waals surface area contributed by atoms with E-state index in [9.17, 15) is 9.59 Å². The highest BCUT2D eigenvalue weighted by atomic mass is 35.5. The van der Waals surface area contributed by atoms with Crippen LogP contribution in [-0.4, -0.2) is 39.5 Å². The van der Waals surface area contributed by atoms with Crippen LogP contribution in [0.5, 0.6) is 0 Å². The predicted molar refractivity (Wildman–Crippen MR) is 107 cm³/mol. The Morgan fingerprint density at radius 1 is 1.21 bits per heavy atom. The molecule has 0 aliphatic carbocycles. The van der Waals surface area contributed by atoms with Gasteiger partial charge in [0.05, 0.1) is 24.1 Å². The maximum atomic E-state index is 12.2. The van der Waals surface area contributed by atoms with Crippen LogP contribution >= 0.6 is 23.4 Å². The molecule has 3 aromatic rings. The lowest BCUT2D eigenvalue weighted by Crippen LogP contribution is -2.24. The van der Waals surface area contributed by atoms with Crippen molar-refractivity contribution in [2.24, 2.45) is 0 Å². The van der Waals surface area contributed by atoms with Crippen molar-refractivity contribution in [2.75, 3.05) is 12.9 Å². The molecule has 0 aliphatic rings. The number of halogens is 1. The summed E-state index contributed by atoms with van der Waals surface area (Å²) in [5.74, 6) is -0.335. The van der Waals surface area contributed by atoms with Gasteiger partial charge in [0.25, 0.3) is 0 Å². The Morgan fingerprint density at radius 3 is 2.71 bits per heavy atom. The van der Waals surface area contributed by atoms with Crippen molar-refractivity contribution in [2.45, 2.75) is 11.7 Å². The summed E-state index contributed by atoms with van der Waals surface area (Å²) in [5, 5.41) is 12.0. The van der Waals surface area contributed by atoms with E-state index in [1.165, 1.54) is 18.9 Å². The Bertz CT molecular complexity index is 975. The molecule has 1 N–H and O–H groups in total. The quantitative estimate of drug-likeness (QED) is 0.470. The molecule has 7 nitrogen and oxygen atoms in total. The normalized spacial score (nSPS) is 10.5. The molecular weight excluding hydrogens is 400 g/mol. The third-order valence-corrected chi connectivity index (χ3v) is 4.98. The molecule has 1 heterocycles. The number of carbonyl (C=O) groups excluding carboxylic acids is 2. The molecule has 0 saturated carbocycles. The average Bonchev–Trinajstić information content (AvgIpc) is 3.19. The monoisotopic (exact) mass is 416 g/mol. The highest BCUT2D eigenvalue weighted by molar-refractivity contribution is 7.99. The lowest BCUT2D eigenvalue weighted by molar-refractivity contribution is -0.118. The number of aromatic nitrogens is 3. The lowest BCUT2D eigenvalue weighted by Gasteiger charge is -2.08. The second-order valence-electron chi connectivity index (χ2n) is 5.72. The fourth-order valence-electron chi connectivity index (χ4n) is 2.38. The third kappa shape index (κ3) is 5.11. The van der Waals surface area contributed by atoms with Gasteiger partial charge in [0.2, 0.25) is 5.91 Å². The fourth-order valence-corrected chi connectivity index (χ4v) is 3.33. The number of rotatable bonds is 7. The summed E-state index contributed by atoms with van der Waals surface area (Å²) in [6, 6.07) is 14.2. The van der Waals surface area contributed by atoms with Gasteiger partial charge in [-0.25, -0.2) is 4.79 Å². The van der Waals surface area contributed by atoms with E-state index in [2.05, 4.69) is 20.3 Å². The number of methoxy groups -OCH3 is 1. The van der Waals surface area contributed by atoms with E-state index in [1.807, 2.05) is 12.1 Å². The first kappa shape index (κ1) is 19.9. The van der Waals surface area contributed by atoms with Crippen LogP contribution in [0, 0.1) is 0 Å². The van der Waals surface area contributed by atoms with Crippen molar-refractivity contribution < 1.29 is 14.3 Å². The molecule has 0 aliphatic heterocycles. The van der Waals surface area contributed by atoms with Crippen LogP contribution in [0.3, 0.4) is 0 Å². The number of nitrogens with one attached hydrogen (secondary N) is 1. The molecule has 0 saturated heterocycles. The van der Waals surface area contributed by atoms with E-state index in [0.717, 1.165) is 11.3 Å². The first-order chi connectivity index (χ1) is 13.6. The summed E-state index contributed by atoms with van der Waals surface area (Å²) in [5.41, 5.74) is 2.17. The van der Waals surface area contributed by atoms with Crippen molar-refractivity contribution in [3.63, 3.8) is 0 Å². The highest BCUT2D eigenvalue weighted by Crippen LogP contribution is 2.21. The van der Waals surface area contributed by atoms with E-state index in [-0.39, 0.29) is 11.7 Å². The Hall–Kier alpha value is -2.84. The Kier molecular flexibility index (Phi) is 6.67. The number of amides is 1. The molecule has 2 aromatic carbocycles. The van der Waals surface area contributed by atoms with Crippen LogP contribution in [0.1, 0.15) is 15.9 Å². The summed E-state index contributed by atoms with van der Waals surface area (Å²) >= 11 is 7.31. The van der Waals surface area contributed by atoms with E-state index in [1.54, 1.807) is 47.3 Å². The zero-order chi connectivity index (χ0) is 19.9. The zero-order valence-corrected chi connectivity index (χ0v) is 16.5.